The van der Waals surface area contributed by atoms with Gasteiger partial charge in [0.25, 0.3) is 0 Å². The van der Waals surface area contributed by atoms with E-state index in [1.807, 2.05) is 0 Å². The average Bonchev–Trinajstić information content (AvgIpc) is 2.78. The highest BCUT2D eigenvalue weighted by Gasteiger charge is 2.16. The van der Waals surface area contributed by atoms with E-state index in [1.54, 1.807) is 10.7 Å². The molecule has 2 rings (SSSR count). The Hall–Kier alpha value is -1.27. The van der Waals surface area contributed by atoms with Crippen LogP contribution in [0.4, 0.5) is 4.39 Å². The van der Waals surface area contributed by atoms with Gasteiger partial charge in [-0.1, -0.05) is 29.8 Å². The number of aliphatic hydroxyl groups excluding tert-OH is 1. The number of halogens is 2. The van der Waals surface area contributed by atoms with Crippen molar-refractivity contribution in [2.24, 2.45) is 5.92 Å². The zero-order chi connectivity index (χ0) is 14.7. The number of aliphatic hydroxyl groups is 1. The first-order valence-corrected chi connectivity index (χ1v) is 7.26. The predicted octanol–water partition coefficient (Wildman–Crippen LogP) is 3.11. The fourth-order valence-electron chi connectivity index (χ4n) is 2.00. The molecule has 0 fully saturated rings. The van der Waals surface area contributed by atoms with Gasteiger partial charge in [0.2, 0.25) is 0 Å². The lowest BCUT2D eigenvalue weighted by Gasteiger charge is -2.14. The summed E-state index contributed by atoms with van der Waals surface area (Å²) in [4.78, 5) is 4.17. The Labute approximate surface area is 125 Å². The van der Waals surface area contributed by atoms with Crippen molar-refractivity contribution in [3.63, 3.8) is 0 Å². The van der Waals surface area contributed by atoms with Crippen LogP contribution in [0.25, 0.3) is 0 Å². The molecule has 1 heterocycles. The molecule has 108 valence electrons. The summed E-state index contributed by atoms with van der Waals surface area (Å²) in [7, 11) is 0. The smallest absolute Gasteiger partial charge is 0.138 e. The van der Waals surface area contributed by atoms with E-state index in [0.717, 1.165) is 6.54 Å². The number of hydrogen-bond acceptors (Lipinski definition) is 3. The molecule has 0 saturated carbocycles. The van der Waals surface area contributed by atoms with Crippen LogP contribution in [0.15, 0.2) is 29.0 Å². The van der Waals surface area contributed by atoms with Gasteiger partial charge >= 0.3 is 0 Å². The maximum Gasteiger partial charge on any atom is 0.138 e. The minimum atomic E-state index is -0.824. The fourth-order valence-corrected chi connectivity index (χ4v) is 2.51. The normalized spacial score (nSPS) is 12.9. The van der Waals surface area contributed by atoms with Gasteiger partial charge in [-0.15, -0.1) is 0 Å². The third-order valence-electron chi connectivity index (χ3n) is 2.93. The minimum absolute atomic E-state index is 0.300. The van der Waals surface area contributed by atoms with Crippen molar-refractivity contribution in [3.05, 3.63) is 46.2 Å². The van der Waals surface area contributed by atoms with Crippen LogP contribution in [0.3, 0.4) is 0 Å². The lowest BCUT2D eigenvalue weighted by Crippen LogP contribution is -2.13. The first kappa shape index (κ1) is 15.1. The van der Waals surface area contributed by atoms with Crippen molar-refractivity contribution in [1.82, 2.24) is 14.8 Å². The van der Waals surface area contributed by atoms with Gasteiger partial charge < -0.3 is 5.11 Å². The topological polar surface area (TPSA) is 50.9 Å². The summed E-state index contributed by atoms with van der Waals surface area (Å²) in [6.07, 6.45) is 0.954. The molecule has 1 atom stereocenters. The van der Waals surface area contributed by atoms with E-state index in [0.29, 0.717) is 28.2 Å². The predicted molar refractivity (Wildman–Crippen MR) is 77.6 cm³/mol. The van der Waals surface area contributed by atoms with Crippen molar-refractivity contribution in [2.75, 3.05) is 0 Å². The molecule has 0 amide bonds. The van der Waals surface area contributed by atoms with Crippen molar-refractivity contribution >= 4 is 15.9 Å². The van der Waals surface area contributed by atoms with Gasteiger partial charge in [-0.05, 0) is 29.7 Å². The van der Waals surface area contributed by atoms with Crippen LogP contribution in [-0.2, 0) is 13.0 Å². The summed E-state index contributed by atoms with van der Waals surface area (Å²) in [5.74, 6) is 0.766. The Morgan fingerprint density at radius 3 is 2.85 bits per heavy atom. The molecular weight excluding hydrogens is 325 g/mol. The van der Waals surface area contributed by atoms with E-state index in [9.17, 15) is 9.50 Å². The third kappa shape index (κ3) is 3.64. The van der Waals surface area contributed by atoms with Gasteiger partial charge in [0.15, 0.2) is 0 Å². The Morgan fingerprint density at radius 1 is 1.40 bits per heavy atom. The Bertz CT molecular complexity index is 586. The van der Waals surface area contributed by atoms with Crippen molar-refractivity contribution in [2.45, 2.75) is 32.9 Å². The number of benzene rings is 1. The van der Waals surface area contributed by atoms with Crippen LogP contribution < -0.4 is 0 Å². The van der Waals surface area contributed by atoms with E-state index in [-0.39, 0.29) is 5.82 Å². The Kier molecular flexibility index (Phi) is 4.88. The molecule has 0 aliphatic rings. The molecular formula is C14H17BrFN3O. The highest BCUT2D eigenvalue weighted by atomic mass is 79.9. The van der Waals surface area contributed by atoms with Gasteiger partial charge in [0, 0.05) is 17.4 Å². The maximum absolute atomic E-state index is 13.3. The van der Waals surface area contributed by atoms with Crippen LogP contribution >= 0.6 is 15.9 Å². The fraction of sp³-hybridized carbons (Fsp3) is 0.429. The van der Waals surface area contributed by atoms with Crippen LogP contribution in [0.2, 0.25) is 0 Å². The molecule has 1 unspecified atom stereocenters. The van der Waals surface area contributed by atoms with Crippen LogP contribution in [-0.4, -0.2) is 19.9 Å². The summed E-state index contributed by atoms with van der Waals surface area (Å²) < 4.78 is 15.7. The summed E-state index contributed by atoms with van der Waals surface area (Å²) in [5.41, 5.74) is 0.518. The molecule has 0 aliphatic heterocycles. The van der Waals surface area contributed by atoms with Crippen LogP contribution in [0.1, 0.15) is 31.3 Å². The molecule has 6 heteroatoms. The summed E-state index contributed by atoms with van der Waals surface area (Å²) in [6.45, 7) is 4.92. The minimum Gasteiger partial charge on any atom is -0.388 e. The van der Waals surface area contributed by atoms with Crippen molar-refractivity contribution < 1.29 is 9.50 Å². The van der Waals surface area contributed by atoms with Crippen molar-refractivity contribution in [3.8, 4) is 0 Å². The maximum atomic E-state index is 13.3. The number of nitrogens with zero attached hydrogens (tertiary/aromatic N) is 3. The van der Waals surface area contributed by atoms with Gasteiger partial charge in [0.05, 0.1) is 6.10 Å². The van der Waals surface area contributed by atoms with Crippen LogP contribution in [0.5, 0.6) is 0 Å². The lowest BCUT2D eigenvalue weighted by molar-refractivity contribution is 0.172. The van der Waals surface area contributed by atoms with E-state index in [2.05, 4.69) is 39.9 Å². The van der Waals surface area contributed by atoms with E-state index < -0.39 is 6.10 Å². The van der Waals surface area contributed by atoms with Gasteiger partial charge in [-0.2, -0.15) is 5.10 Å². The van der Waals surface area contributed by atoms with E-state index >= 15 is 0 Å². The number of aromatic nitrogens is 3. The summed E-state index contributed by atoms with van der Waals surface area (Å²) >= 11 is 3.32. The van der Waals surface area contributed by atoms with Crippen molar-refractivity contribution in [1.29, 1.82) is 0 Å². The summed E-state index contributed by atoms with van der Waals surface area (Å²) in [6, 6.07) is 4.27. The average molecular weight is 342 g/mol. The van der Waals surface area contributed by atoms with Gasteiger partial charge in [-0.25, -0.2) is 14.1 Å². The number of hydrogen-bond donors (Lipinski definition) is 1. The first-order valence-electron chi connectivity index (χ1n) is 6.47. The molecule has 0 saturated heterocycles. The highest BCUT2D eigenvalue weighted by molar-refractivity contribution is 9.10. The molecule has 0 aliphatic carbocycles. The molecule has 0 radical (unpaired) electrons. The highest BCUT2D eigenvalue weighted by Crippen LogP contribution is 2.26. The second-order valence-corrected chi connectivity index (χ2v) is 5.99. The summed E-state index contributed by atoms with van der Waals surface area (Å²) in [5, 5.41) is 14.4. The zero-order valence-electron chi connectivity index (χ0n) is 11.4. The molecule has 0 bridgehead atoms. The third-order valence-corrected chi connectivity index (χ3v) is 3.65. The largest absolute Gasteiger partial charge is 0.388 e. The molecule has 4 nitrogen and oxygen atoms in total. The molecule has 2 aromatic rings. The molecule has 1 N–H and O–H groups in total. The number of rotatable bonds is 5. The standard InChI is InChI=1S/C14H17BrFN3O/c1-9(2)7-19-14(17-8-18-19)6-13(20)11-5-10(16)3-4-12(11)15/h3-5,8-9,13,20H,6-7H2,1-2H3. The SMILES string of the molecule is CC(C)Cn1ncnc1CC(O)c1cc(F)ccc1Br. The zero-order valence-corrected chi connectivity index (χ0v) is 13.0. The van der Waals surface area contributed by atoms with Gasteiger partial charge in [-0.3, -0.25) is 0 Å². The van der Waals surface area contributed by atoms with E-state index in [1.165, 1.54) is 18.5 Å². The Morgan fingerprint density at radius 2 is 2.15 bits per heavy atom. The molecule has 1 aromatic carbocycles. The second kappa shape index (κ2) is 6.45. The monoisotopic (exact) mass is 341 g/mol. The van der Waals surface area contributed by atoms with Gasteiger partial charge in [0.1, 0.15) is 18.0 Å². The quantitative estimate of drug-likeness (QED) is 0.908. The molecule has 1 aromatic heterocycles. The molecule has 20 heavy (non-hydrogen) atoms. The molecule has 0 spiro atoms. The Balaban J connectivity index is 2.17. The lowest BCUT2D eigenvalue weighted by atomic mass is 10.1. The second-order valence-electron chi connectivity index (χ2n) is 5.14. The van der Waals surface area contributed by atoms with E-state index in [4.69, 9.17) is 0 Å². The first-order chi connectivity index (χ1) is 9.47. The van der Waals surface area contributed by atoms with Crippen LogP contribution in [0, 0.1) is 11.7 Å².